The van der Waals surface area contributed by atoms with E-state index in [2.05, 4.69) is 35.1 Å². The van der Waals surface area contributed by atoms with E-state index in [1.165, 1.54) is 6.42 Å². The van der Waals surface area contributed by atoms with Gasteiger partial charge in [-0.2, -0.15) is 0 Å². The Morgan fingerprint density at radius 3 is 2.58 bits per heavy atom. The zero-order valence-corrected chi connectivity index (χ0v) is 15.7. The van der Waals surface area contributed by atoms with Crippen LogP contribution in [0.5, 0.6) is 5.75 Å². The van der Waals surface area contributed by atoms with Crippen molar-refractivity contribution < 1.29 is 19.1 Å². The van der Waals surface area contributed by atoms with Gasteiger partial charge in [0, 0.05) is 10.5 Å². The Hall–Kier alpha value is -1.56. The van der Waals surface area contributed by atoms with E-state index < -0.39 is 5.97 Å². The van der Waals surface area contributed by atoms with E-state index in [9.17, 15) is 9.59 Å². The minimum Gasteiger partial charge on any atom is -0.482 e. The van der Waals surface area contributed by atoms with Crippen LogP contribution in [0, 0.1) is 11.8 Å². The second-order valence-corrected chi connectivity index (χ2v) is 7.26. The molecule has 1 amide bonds. The van der Waals surface area contributed by atoms with Gasteiger partial charge in [0.15, 0.2) is 13.2 Å². The number of hydrogen-bond acceptors (Lipinski definition) is 4. The second-order valence-electron chi connectivity index (χ2n) is 6.34. The summed E-state index contributed by atoms with van der Waals surface area (Å²) in [6, 6.07) is 7.30. The Morgan fingerprint density at radius 2 is 1.88 bits per heavy atom. The minimum absolute atomic E-state index is 0.166. The highest BCUT2D eigenvalue weighted by Gasteiger charge is 2.28. The number of esters is 1. The molecule has 0 radical (unpaired) electrons. The lowest BCUT2D eigenvalue weighted by molar-refractivity contribution is -0.150. The lowest BCUT2D eigenvalue weighted by Crippen LogP contribution is -2.45. The molecule has 2 rings (SSSR count). The third kappa shape index (κ3) is 5.82. The molecular formula is C18H24BrNO4. The monoisotopic (exact) mass is 397 g/mol. The SMILES string of the molecule is C[C@H]1[C@@H](NC(=O)COC(=O)COc2ccc(Br)cc2)CCC[C@@H]1C. The Labute approximate surface area is 151 Å². The Kier molecular flexibility index (Phi) is 7.09. The van der Waals surface area contributed by atoms with Crippen LogP contribution >= 0.6 is 15.9 Å². The van der Waals surface area contributed by atoms with Crippen molar-refractivity contribution in [1.82, 2.24) is 5.32 Å². The summed E-state index contributed by atoms with van der Waals surface area (Å²) in [6.45, 7) is 3.89. The third-order valence-electron chi connectivity index (χ3n) is 4.59. The summed E-state index contributed by atoms with van der Waals surface area (Å²) in [7, 11) is 0. The van der Waals surface area contributed by atoms with Gasteiger partial charge < -0.3 is 14.8 Å². The van der Waals surface area contributed by atoms with Crippen molar-refractivity contribution >= 4 is 27.8 Å². The molecule has 1 saturated carbocycles. The van der Waals surface area contributed by atoms with Crippen molar-refractivity contribution in [1.29, 1.82) is 0 Å². The van der Waals surface area contributed by atoms with Gasteiger partial charge in [-0.25, -0.2) is 4.79 Å². The maximum Gasteiger partial charge on any atom is 0.344 e. The van der Waals surface area contributed by atoms with Gasteiger partial charge in [0.25, 0.3) is 5.91 Å². The highest BCUT2D eigenvalue weighted by atomic mass is 79.9. The number of halogens is 1. The number of carbonyl (C=O) groups is 2. The van der Waals surface area contributed by atoms with Gasteiger partial charge in [0.2, 0.25) is 0 Å². The van der Waals surface area contributed by atoms with E-state index in [0.717, 1.165) is 17.3 Å². The molecule has 1 aliphatic rings. The minimum atomic E-state index is -0.557. The van der Waals surface area contributed by atoms with Crippen LogP contribution in [-0.2, 0) is 14.3 Å². The predicted molar refractivity (Wildman–Crippen MR) is 94.7 cm³/mol. The van der Waals surface area contributed by atoms with Crippen molar-refractivity contribution in [3.05, 3.63) is 28.7 Å². The highest BCUT2D eigenvalue weighted by Crippen LogP contribution is 2.29. The van der Waals surface area contributed by atoms with Crippen molar-refractivity contribution in [2.75, 3.05) is 13.2 Å². The molecule has 0 bridgehead atoms. The first kappa shape index (κ1) is 18.8. The number of benzene rings is 1. The first-order chi connectivity index (χ1) is 11.5. The first-order valence-corrected chi connectivity index (χ1v) is 9.08. The Balaban J connectivity index is 1.67. The van der Waals surface area contributed by atoms with Gasteiger partial charge in [0.05, 0.1) is 0 Å². The number of carbonyl (C=O) groups excluding carboxylic acids is 2. The van der Waals surface area contributed by atoms with Gasteiger partial charge in [-0.1, -0.05) is 42.6 Å². The number of ether oxygens (including phenoxy) is 2. The zero-order valence-electron chi connectivity index (χ0n) is 14.1. The van der Waals surface area contributed by atoms with Crippen LogP contribution in [0.1, 0.15) is 33.1 Å². The molecule has 1 fully saturated rings. The largest absolute Gasteiger partial charge is 0.482 e. The van der Waals surface area contributed by atoms with Crippen molar-refractivity contribution in [3.63, 3.8) is 0 Å². The van der Waals surface area contributed by atoms with Crippen LogP contribution in [0.3, 0.4) is 0 Å². The van der Waals surface area contributed by atoms with Gasteiger partial charge in [-0.3, -0.25) is 4.79 Å². The molecule has 0 aromatic heterocycles. The molecule has 0 spiro atoms. The molecular weight excluding hydrogens is 374 g/mol. The van der Waals surface area contributed by atoms with E-state index in [4.69, 9.17) is 9.47 Å². The van der Waals surface area contributed by atoms with Crippen LogP contribution in [0.2, 0.25) is 0 Å². The maximum absolute atomic E-state index is 11.9. The standard InChI is InChI=1S/C18H24BrNO4/c1-12-4-3-5-16(13(12)2)20-17(21)10-24-18(22)11-23-15-8-6-14(19)7-9-15/h6-9,12-13,16H,3-5,10-11H2,1-2H3,(H,20,21)/t12-,13+,16-/m0/s1. The van der Waals surface area contributed by atoms with Crippen molar-refractivity contribution in [2.45, 2.75) is 39.2 Å². The lowest BCUT2D eigenvalue weighted by atomic mass is 9.78. The average molecular weight is 398 g/mol. The van der Waals surface area contributed by atoms with Crippen LogP contribution in [0.25, 0.3) is 0 Å². The van der Waals surface area contributed by atoms with Crippen LogP contribution < -0.4 is 10.1 Å². The molecule has 0 heterocycles. The van der Waals surface area contributed by atoms with E-state index in [1.807, 2.05) is 12.1 Å². The summed E-state index contributed by atoms with van der Waals surface area (Å²) in [5.41, 5.74) is 0. The summed E-state index contributed by atoms with van der Waals surface area (Å²) in [5, 5.41) is 2.97. The van der Waals surface area contributed by atoms with E-state index in [-0.39, 0.29) is 25.2 Å². The quantitative estimate of drug-likeness (QED) is 0.747. The van der Waals surface area contributed by atoms with Gasteiger partial charge in [-0.05, 0) is 42.5 Å². The number of rotatable bonds is 6. The lowest BCUT2D eigenvalue weighted by Gasteiger charge is -2.34. The number of amides is 1. The van der Waals surface area contributed by atoms with Gasteiger partial charge in [-0.15, -0.1) is 0 Å². The zero-order chi connectivity index (χ0) is 17.5. The summed E-state index contributed by atoms with van der Waals surface area (Å²) in [4.78, 5) is 23.6. The summed E-state index contributed by atoms with van der Waals surface area (Å²) in [5.74, 6) is 0.811. The van der Waals surface area contributed by atoms with Gasteiger partial charge in [0.1, 0.15) is 5.75 Å². The molecule has 1 N–H and O–H groups in total. The van der Waals surface area contributed by atoms with E-state index in [1.54, 1.807) is 12.1 Å². The molecule has 3 atom stereocenters. The molecule has 1 aromatic rings. The Bertz CT molecular complexity index is 561. The fourth-order valence-corrected chi connectivity index (χ4v) is 3.16. The molecule has 0 saturated heterocycles. The van der Waals surface area contributed by atoms with Crippen LogP contribution in [0.15, 0.2) is 28.7 Å². The predicted octanol–water partition coefficient (Wildman–Crippen LogP) is 3.31. The summed E-state index contributed by atoms with van der Waals surface area (Å²) in [6.07, 6.45) is 3.31. The molecule has 0 unspecified atom stereocenters. The molecule has 24 heavy (non-hydrogen) atoms. The summed E-state index contributed by atoms with van der Waals surface area (Å²) >= 11 is 3.32. The topological polar surface area (TPSA) is 64.6 Å². The normalized spacial score (nSPS) is 23.4. The summed E-state index contributed by atoms with van der Waals surface area (Å²) < 4.78 is 11.2. The number of hydrogen-bond donors (Lipinski definition) is 1. The number of nitrogens with one attached hydrogen (secondary N) is 1. The molecule has 1 aromatic carbocycles. The van der Waals surface area contributed by atoms with Crippen molar-refractivity contribution in [3.8, 4) is 5.75 Å². The smallest absolute Gasteiger partial charge is 0.344 e. The fraction of sp³-hybridized carbons (Fsp3) is 0.556. The second kappa shape index (κ2) is 9.06. The van der Waals surface area contributed by atoms with Crippen molar-refractivity contribution in [2.24, 2.45) is 11.8 Å². The molecule has 6 heteroatoms. The molecule has 5 nitrogen and oxygen atoms in total. The highest BCUT2D eigenvalue weighted by molar-refractivity contribution is 9.10. The first-order valence-electron chi connectivity index (χ1n) is 8.29. The molecule has 0 aliphatic heterocycles. The van der Waals surface area contributed by atoms with Gasteiger partial charge >= 0.3 is 5.97 Å². The van der Waals surface area contributed by atoms with E-state index in [0.29, 0.717) is 17.6 Å². The molecule has 1 aliphatic carbocycles. The maximum atomic E-state index is 11.9. The third-order valence-corrected chi connectivity index (χ3v) is 5.12. The molecule has 132 valence electrons. The van der Waals surface area contributed by atoms with Crippen LogP contribution in [0.4, 0.5) is 0 Å². The van der Waals surface area contributed by atoms with Crippen LogP contribution in [-0.4, -0.2) is 31.1 Å². The Morgan fingerprint density at radius 1 is 1.17 bits per heavy atom. The van der Waals surface area contributed by atoms with E-state index >= 15 is 0 Å². The average Bonchev–Trinajstić information content (AvgIpc) is 2.56. The fourth-order valence-electron chi connectivity index (χ4n) is 2.89.